The third-order valence-corrected chi connectivity index (χ3v) is 1.41. The second-order valence-electron chi connectivity index (χ2n) is 2.45. The van der Waals surface area contributed by atoms with Gasteiger partial charge in [0.15, 0.2) is 0 Å². The van der Waals surface area contributed by atoms with Gasteiger partial charge in [0.25, 0.3) is 0 Å². The lowest BCUT2D eigenvalue weighted by Crippen LogP contribution is -2.21. The molecule has 9 heavy (non-hydrogen) atoms. The van der Waals surface area contributed by atoms with E-state index in [2.05, 4.69) is 6.92 Å². The van der Waals surface area contributed by atoms with Gasteiger partial charge in [0.2, 0.25) is 0 Å². The summed E-state index contributed by atoms with van der Waals surface area (Å²) in [6.07, 6.45) is 1.69. The predicted octanol–water partition coefficient (Wildman–Crippen LogP) is 0.918. The largest absolute Gasteiger partial charge is 0.391 e. The number of unbranched alkanes of at least 4 members (excludes halogenated alkanes) is 1. The van der Waals surface area contributed by atoms with E-state index in [-0.39, 0.29) is 0 Å². The molecule has 0 saturated heterocycles. The van der Waals surface area contributed by atoms with Gasteiger partial charge in [0.1, 0.15) is 0 Å². The summed E-state index contributed by atoms with van der Waals surface area (Å²) >= 11 is 0. The highest BCUT2D eigenvalue weighted by molar-refractivity contribution is 4.60. The minimum atomic E-state index is -0.573. The molecule has 0 fully saturated rings. The molecule has 0 aromatic rings. The molecule has 0 aliphatic heterocycles. The van der Waals surface area contributed by atoms with Crippen LogP contribution in [-0.4, -0.2) is 22.4 Å². The van der Waals surface area contributed by atoms with Crippen molar-refractivity contribution in [2.45, 2.75) is 45.3 Å². The van der Waals surface area contributed by atoms with E-state index in [4.69, 9.17) is 10.2 Å². The molecule has 0 aliphatic rings. The van der Waals surface area contributed by atoms with Gasteiger partial charge in [-0.3, -0.25) is 0 Å². The molecule has 0 saturated carbocycles. The van der Waals surface area contributed by atoms with E-state index in [1.807, 2.05) is 0 Å². The van der Waals surface area contributed by atoms with Crippen LogP contribution in [0.1, 0.15) is 33.1 Å². The Morgan fingerprint density at radius 1 is 1.33 bits per heavy atom. The zero-order valence-corrected chi connectivity index (χ0v) is 6.17. The molecule has 2 N–H and O–H groups in total. The molecule has 56 valence electrons. The summed E-state index contributed by atoms with van der Waals surface area (Å²) in [6, 6.07) is 0. The third-order valence-electron chi connectivity index (χ3n) is 1.41. The van der Waals surface area contributed by atoms with Crippen LogP contribution >= 0.6 is 0 Å². The Kier molecular flexibility index (Phi) is 4.72. The standard InChI is InChI=1S/C7H16O2/c1-3-4-5-7(9)6(2)8/h6-9H,3-5H2,1-2H3/t6-,7+/m0/s1. The van der Waals surface area contributed by atoms with Gasteiger partial charge in [0.05, 0.1) is 12.2 Å². The van der Waals surface area contributed by atoms with Gasteiger partial charge in [0, 0.05) is 0 Å². The van der Waals surface area contributed by atoms with Crippen LogP contribution in [0.4, 0.5) is 0 Å². The third kappa shape index (κ3) is 4.43. The van der Waals surface area contributed by atoms with Gasteiger partial charge in [-0.2, -0.15) is 0 Å². The Bertz CT molecular complexity index is 61.9. The fourth-order valence-electron chi connectivity index (χ4n) is 0.654. The van der Waals surface area contributed by atoms with Crippen LogP contribution in [0.25, 0.3) is 0 Å². The second kappa shape index (κ2) is 4.77. The van der Waals surface area contributed by atoms with Gasteiger partial charge in [-0.1, -0.05) is 19.8 Å². The molecule has 0 aliphatic carbocycles. The lowest BCUT2D eigenvalue weighted by Gasteiger charge is -2.11. The van der Waals surface area contributed by atoms with E-state index in [0.717, 1.165) is 12.8 Å². The molecule has 2 atom stereocenters. The fourth-order valence-corrected chi connectivity index (χ4v) is 0.654. The Balaban J connectivity index is 3.16. The van der Waals surface area contributed by atoms with Crippen molar-refractivity contribution < 1.29 is 10.2 Å². The molecule has 0 bridgehead atoms. The highest BCUT2D eigenvalue weighted by atomic mass is 16.3. The average molecular weight is 132 g/mol. The maximum atomic E-state index is 9.01. The van der Waals surface area contributed by atoms with Gasteiger partial charge < -0.3 is 10.2 Å². The second-order valence-corrected chi connectivity index (χ2v) is 2.45. The lowest BCUT2D eigenvalue weighted by molar-refractivity contribution is 0.0250. The molecule has 0 amide bonds. The van der Waals surface area contributed by atoms with Crippen LogP contribution in [0.5, 0.6) is 0 Å². The van der Waals surface area contributed by atoms with Crippen molar-refractivity contribution in [1.82, 2.24) is 0 Å². The summed E-state index contributed by atoms with van der Waals surface area (Å²) in [5.74, 6) is 0. The first kappa shape index (κ1) is 8.92. The summed E-state index contributed by atoms with van der Waals surface area (Å²) in [7, 11) is 0. The van der Waals surface area contributed by atoms with Crippen LogP contribution in [0.15, 0.2) is 0 Å². The van der Waals surface area contributed by atoms with Gasteiger partial charge in [-0.15, -0.1) is 0 Å². The molecule has 0 radical (unpaired) electrons. The Hall–Kier alpha value is -0.0800. The number of hydrogen-bond acceptors (Lipinski definition) is 2. The van der Waals surface area contributed by atoms with Crippen molar-refractivity contribution in [2.24, 2.45) is 0 Å². The summed E-state index contributed by atoms with van der Waals surface area (Å²) in [4.78, 5) is 0. The molecule has 0 rings (SSSR count). The highest BCUT2D eigenvalue weighted by Crippen LogP contribution is 2.03. The Labute approximate surface area is 56.5 Å². The van der Waals surface area contributed by atoms with Crippen LogP contribution in [-0.2, 0) is 0 Å². The van der Waals surface area contributed by atoms with Crippen LogP contribution in [0, 0.1) is 0 Å². The minimum absolute atomic E-state index is 0.523. The fraction of sp³-hybridized carbons (Fsp3) is 1.00. The molecule has 0 spiro atoms. The van der Waals surface area contributed by atoms with Crippen molar-refractivity contribution in [3.8, 4) is 0 Å². The minimum Gasteiger partial charge on any atom is -0.391 e. The zero-order chi connectivity index (χ0) is 7.28. The number of aliphatic hydroxyl groups is 2. The van der Waals surface area contributed by atoms with E-state index in [0.29, 0.717) is 6.42 Å². The Morgan fingerprint density at radius 2 is 1.89 bits per heavy atom. The van der Waals surface area contributed by atoms with Gasteiger partial charge in [-0.25, -0.2) is 0 Å². The molecular weight excluding hydrogens is 116 g/mol. The van der Waals surface area contributed by atoms with Crippen molar-refractivity contribution in [1.29, 1.82) is 0 Å². The van der Waals surface area contributed by atoms with E-state index < -0.39 is 12.2 Å². The van der Waals surface area contributed by atoms with Crippen molar-refractivity contribution in [3.63, 3.8) is 0 Å². The van der Waals surface area contributed by atoms with Crippen LogP contribution in [0.3, 0.4) is 0 Å². The van der Waals surface area contributed by atoms with Gasteiger partial charge in [-0.05, 0) is 13.3 Å². The van der Waals surface area contributed by atoms with Crippen molar-refractivity contribution in [2.75, 3.05) is 0 Å². The monoisotopic (exact) mass is 132 g/mol. The SMILES string of the molecule is CCCC[C@@H](O)[C@H](C)O. The van der Waals surface area contributed by atoms with Crippen LogP contribution < -0.4 is 0 Å². The smallest absolute Gasteiger partial charge is 0.0796 e. The maximum Gasteiger partial charge on any atom is 0.0796 e. The Morgan fingerprint density at radius 3 is 2.22 bits per heavy atom. The van der Waals surface area contributed by atoms with E-state index in [9.17, 15) is 0 Å². The van der Waals surface area contributed by atoms with Crippen molar-refractivity contribution in [3.05, 3.63) is 0 Å². The van der Waals surface area contributed by atoms with E-state index >= 15 is 0 Å². The van der Waals surface area contributed by atoms with E-state index in [1.54, 1.807) is 6.92 Å². The maximum absolute atomic E-state index is 9.01. The topological polar surface area (TPSA) is 40.5 Å². The summed E-state index contributed by atoms with van der Waals surface area (Å²) in [6.45, 7) is 3.68. The predicted molar refractivity (Wildman–Crippen MR) is 37.2 cm³/mol. The summed E-state index contributed by atoms with van der Waals surface area (Å²) in [5.41, 5.74) is 0. The number of aliphatic hydroxyl groups excluding tert-OH is 2. The number of rotatable bonds is 4. The average Bonchev–Trinajstić information content (AvgIpc) is 1.82. The summed E-state index contributed by atoms with van der Waals surface area (Å²) in [5, 5.41) is 17.8. The molecule has 0 unspecified atom stereocenters. The van der Waals surface area contributed by atoms with E-state index in [1.165, 1.54) is 0 Å². The first-order valence-electron chi connectivity index (χ1n) is 3.54. The normalized spacial score (nSPS) is 17.3. The zero-order valence-electron chi connectivity index (χ0n) is 6.17. The number of hydrogen-bond donors (Lipinski definition) is 2. The van der Waals surface area contributed by atoms with Gasteiger partial charge >= 0.3 is 0 Å². The highest BCUT2D eigenvalue weighted by Gasteiger charge is 2.08. The first-order chi connectivity index (χ1) is 4.18. The van der Waals surface area contributed by atoms with Crippen LogP contribution in [0.2, 0.25) is 0 Å². The lowest BCUT2D eigenvalue weighted by atomic mass is 10.1. The molecule has 0 heterocycles. The summed E-state index contributed by atoms with van der Waals surface area (Å²) < 4.78 is 0. The molecule has 0 aromatic heterocycles. The molecule has 0 aromatic carbocycles. The first-order valence-corrected chi connectivity index (χ1v) is 3.54. The quantitative estimate of drug-likeness (QED) is 0.597. The molecule has 2 heteroatoms. The molecular formula is C7H16O2. The molecule has 2 nitrogen and oxygen atoms in total. The van der Waals surface area contributed by atoms with Crippen molar-refractivity contribution >= 4 is 0 Å².